The third-order valence-electron chi connectivity index (χ3n) is 0.200. The average Bonchev–Trinajstić information content (AvgIpc) is 1.57. The molecule has 0 aromatic carbocycles. The largest absolute Gasteiger partial charge is 0.425 e. The molecule has 0 saturated carbocycles. The molecule has 0 spiro atoms. The van der Waals surface area contributed by atoms with Gasteiger partial charge < -0.3 is 6.15 Å². The van der Waals surface area contributed by atoms with E-state index in [2.05, 4.69) is 8.67 Å². The molecule has 12 heavy (non-hydrogen) atoms. The maximum Gasteiger partial charge on any atom is 0.425 e. The van der Waals surface area contributed by atoms with E-state index in [1.165, 1.54) is 0 Å². The van der Waals surface area contributed by atoms with Crippen LogP contribution < -0.4 is 6.15 Å². The second-order valence-electron chi connectivity index (χ2n) is 0.992. The van der Waals surface area contributed by atoms with Gasteiger partial charge in [0.15, 0.2) is 0 Å². The molecule has 9 nitrogen and oxygen atoms in total. The SMILES string of the molecule is Cl.N.O=S(=O)(O)OOS(=O)(=O)O. The summed E-state index contributed by atoms with van der Waals surface area (Å²) < 4.78 is 58.9. The third-order valence-corrected chi connectivity index (χ3v) is 0.766. The van der Waals surface area contributed by atoms with Crippen molar-refractivity contribution >= 4 is 33.2 Å². The molecule has 0 aliphatic rings. The molecule has 0 aromatic rings. The summed E-state index contributed by atoms with van der Waals surface area (Å²) in [5, 5.41) is 0. The van der Waals surface area contributed by atoms with E-state index in [4.69, 9.17) is 9.11 Å². The first kappa shape index (κ1) is 17.9. The Kier molecular flexibility index (Phi) is 8.37. The van der Waals surface area contributed by atoms with Gasteiger partial charge in [-0.2, -0.15) is 16.8 Å². The standard InChI is InChI=1S/ClH.H3N.H2O8S2/c;;1-9(2,3)7-8-10(4,5)6/h1H;1H3;(H,1,2,3)(H,4,5,6). The Hall–Kier alpha value is -0.0100. The predicted molar refractivity (Wildman–Crippen MR) is 37.5 cm³/mol. The minimum atomic E-state index is -5.02. The van der Waals surface area contributed by atoms with Crippen molar-refractivity contribution < 1.29 is 34.6 Å². The van der Waals surface area contributed by atoms with E-state index in [-0.39, 0.29) is 18.6 Å². The van der Waals surface area contributed by atoms with Crippen LogP contribution in [0.1, 0.15) is 0 Å². The van der Waals surface area contributed by atoms with Gasteiger partial charge in [0, 0.05) is 0 Å². The Morgan fingerprint density at radius 3 is 1.08 bits per heavy atom. The molecule has 0 radical (unpaired) electrons. The van der Waals surface area contributed by atoms with E-state index in [1.807, 2.05) is 0 Å². The fourth-order valence-electron chi connectivity index (χ4n) is 0.0702. The zero-order valence-corrected chi connectivity index (χ0v) is 7.73. The molecule has 0 atom stereocenters. The molecule has 0 fully saturated rings. The van der Waals surface area contributed by atoms with Crippen LogP contribution in [0.15, 0.2) is 0 Å². The van der Waals surface area contributed by atoms with Crippen LogP contribution in [0.2, 0.25) is 0 Å². The van der Waals surface area contributed by atoms with Gasteiger partial charge in [0.25, 0.3) is 0 Å². The Morgan fingerprint density at radius 1 is 0.833 bits per heavy atom. The van der Waals surface area contributed by atoms with Crippen LogP contribution in [0.4, 0.5) is 0 Å². The molecule has 0 heterocycles. The monoisotopic (exact) mass is 247 g/mol. The molecule has 0 aliphatic carbocycles. The number of halogens is 1. The van der Waals surface area contributed by atoms with Gasteiger partial charge in [-0.05, 0) is 0 Å². The topological polar surface area (TPSA) is 162 Å². The summed E-state index contributed by atoms with van der Waals surface area (Å²) in [5.41, 5.74) is 0. The lowest BCUT2D eigenvalue weighted by Gasteiger charge is -1.92. The lowest BCUT2D eigenvalue weighted by Crippen LogP contribution is -2.10. The van der Waals surface area contributed by atoms with Crippen LogP contribution in [-0.4, -0.2) is 25.9 Å². The second kappa shape index (κ2) is 5.60. The van der Waals surface area contributed by atoms with Gasteiger partial charge in [-0.3, -0.25) is 9.11 Å². The molecule has 0 rings (SSSR count). The van der Waals surface area contributed by atoms with Gasteiger partial charge >= 0.3 is 20.8 Å². The Labute approximate surface area is 74.5 Å². The van der Waals surface area contributed by atoms with E-state index >= 15 is 0 Å². The van der Waals surface area contributed by atoms with E-state index < -0.39 is 20.8 Å². The van der Waals surface area contributed by atoms with E-state index in [1.54, 1.807) is 0 Å². The second-order valence-corrected chi connectivity index (χ2v) is 2.97. The molecule has 0 aliphatic heterocycles. The predicted octanol–water partition coefficient (Wildman–Crippen LogP) is -0.876. The zero-order valence-electron chi connectivity index (χ0n) is 5.28. The summed E-state index contributed by atoms with van der Waals surface area (Å²) in [6.45, 7) is 0. The lowest BCUT2D eigenvalue weighted by molar-refractivity contribution is -0.105. The van der Waals surface area contributed by atoms with Crippen molar-refractivity contribution in [3.05, 3.63) is 0 Å². The minimum Gasteiger partial charge on any atom is -0.344 e. The maximum atomic E-state index is 9.51. The maximum absolute atomic E-state index is 9.51. The van der Waals surface area contributed by atoms with Crippen LogP contribution in [0.3, 0.4) is 0 Å². The van der Waals surface area contributed by atoms with E-state index in [0.29, 0.717) is 0 Å². The van der Waals surface area contributed by atoms with E-state index in [0.717, 1.165) is 0 Å². The van der Waals surface area contributed by atoms with Gasteiger partial charge in [0.1, 0.15) is 0 Å². The summed E-state index contributed by atoms with van der Waals surface area (Å²) in [7, 11) is -10.0. The normalized spacial score (nSPS) is 11.2. The van der Waals surface area contributed by atoms with Gasteiger partial charge in [-0.15, -0.1) is 12.4 Å². The van der Waals surface area contributed by atoms with Gasteiger partial charge in [-0.25, -0.2) is 0 Å². The van der Waals surface area contributed by atoms with Gasteiger partial charge in [0.2, 0.25) is 0 Å². The molecule has 5 N–H and O–H groups in total. The zero-order chi connectivity index (χ0) is 8.41. The summed E-state index contributed by atoms with van der Waals surface area (Å²) in [5.74, 6) is 0. The highest BCUT2D eigenvalue weighted by molar-refractivity contribution is 7.83. The molecule has 0 bridgehead atoms. The quantitative estimate of drug-likeness (QED) is 0.326. The van der Waals surface area contributed by atoms with Crippen molar-refractivity contribution in [2.45, 2.75) is 0 Å². The molecule has 0 unspecified atom stereocenters. The van der Waals surface area contributed by atoms with Crippen molar-refractivity contribution in [2.24, 2.45) is 0 Å². The lowest BCUT2D eigenvalue weighted by atomic mass is 14.0. The van der Waals surface area contributed by atoms with Crippen LogP contribution in [0.5, 0.6) is 0 Å². The average molecular weight is 248 g/mol. The van der Waals surface area contributed by atoms with Crippen LogP contribution in [0.25, 0.3) is 0 Å². The van der Waals surface area contributed by atoms with Gasteiger partial charge in [0.05, 0.1) is 0 Å². The smallest absolute Gasteiger partial charge is 0.344 e. The van der Waals surface area contributed by atoms with E-state index in [9.17, 15) is 16.8 Å². The fourth-order valence-corrected chi connectivity index (χ4v) is 0.632. The molecule has 0 amide bonds. The molecule has 0 saturated heterocycles. The van der Waals surface area contributed by atoms with Crippen molar-refractivity contribution in [1.82, 2.24) is 6.15 Å². The number of hydrogen-bond acceptors (Lipinski definition) is 7. The summed E-state index contributed by atoms with van der Waals surface area (Å²) in [6.07, 6.45) is 0. The highest BCUT2D eigenvalue weighted by atomic mass is 35.5. The molecule has 78 valence electrons. The number of hydrogen-bond donors (Lipinski definition) is 3. The van der Waals surface area contributed by atoms with Crippen LogP contribution >= 0.6 is 12.4 Å². The molecular formula is H6ClNO8S2. The Balaban J connectivity index is -0.000000405. The Morgan fingerprint density at radius 2 is 1.00 bits per heavy atom. The highest BCUT2D eigenvalue weighted by Crippen LogP contribution is 1.92. The number of rotatable bonds is 3. The fraction of sp³-hybridized carbons (Fsp3) is 0. The molecule has 0 aromatic heterocycles. The molecule has 12 heteroatoms. The molecular weight excluding hydrogens is 242 g/mol. The van der Waals surface area contributed by atoms with Crippen molar-refractivity contribution in [3.63, 3.8) is 0 Å². The first-order valence-electron chi connectivity index (χ1n) is 1.53. The third kappa shape index (κ3) is 16.5. The van der Waals surface area contributed by atoms with Crippen molar-refractivity contribution in [3.8, 4) is 0 Å². The summed E-state index contributed by atoms with van der Waals surface area (Å²) in [6, 6.07) is 0. The Bertz CT molecular complexity index is 253. The summed E-state index contributed by atoms with van der Waals surface area (Å²) in [4.78, 5) is 0. The van der Waals surface area contributed by atoms with Crippen molar-refractivity contribution in [2.75, 3.05) is 0 Å². The van der Waals surface area contributed by atoms with Crippen molar-refractivity contribution in [1.29, 1.82) is 0 Å². The van der Waals surface area contributed by atoms with Gasteiger partial charge in [-0.1, -0.05) is 8.67 Å². The van der Waals surface area contributed by atoms with Crippen LogP contribution in [0, 0.1) is 0 Å². The summed E-state index contributed by atoms with van der Waals surface area (Å²) >= 11 is 0. The first-order valence-corrected chi connectivity index (χ1v) is 4.26. The van der Waals surface area contributed by atoms with Crippen LogP contribution in [-0.2, 0) is 29.5 Å². The first-order chi connectivity index (χ1) is 4.21. The highest BCUT2D eigenvalue weighted by Gasteiger charge is 2.13. The minimum absolute atomic E-state index is 0.